The van der Waals surface area contributed by atoms with Crippen molar-refractivity contribution in [3.05, 3.63) is 46.0 Å². The van der Waals surface area contributed by atoms with Gasteiger partial charge >= 0.3 is 0 Å². The van der Waals surface area contributed by atoms with E-state index in [2.05, 4.69) is 25.6 Å². The molecule has 33 heavy (non-hydrogen) atoms. The van der Waals surface area contributed by atoms with Gasteiger partial charge in [-0.05, 0) is 44.4 Å². The average molecular weight is 452 g/mol. The molecule has 3 aromatic heterocycles. The molecule has 9 nitrogen and oxygen atoms in total. The van der Waals surface area contributed by atoms with E-state index in [1.807, 2.05) is 0 Å². The lowest BCUT2D eigenvalue weighted by atomic mass is 10.0. The molecule has 9 heteroatoms. The summed E-state index contributed by atoms with van der Waals surface area (Å²) in [6, 6.07) is 3.17. The van der Waals surface area contributed by atoms with Gasteiger partial charge in [0.2, 0.25) is 5.95 Å². The Balaban J connectivity index is 1.51. The molecular weight excluding hydrogens is 418 g/mol. The van der Waals surface area contributed by atoms with Crippen LogP contribution in [0, 0.1) is 6.92 Å². The lowest BCUT2D eigenvalue weighted by Crippen LogP contribution is -2.43. The topological polar surface area (TPSA) is 105 Å². The number of fused-ring (bicyclic) bond motifs is 1. The van der Waals surface area contributed by atoms with Crippen molar-refractivity contribution < 1.29 is 10.3 Å². The Morgan fingerprint density at radius 2 is 1.94 bits per heavy atom. The van der Waals surface area contributed by atoms with Crippen LogP contribution < -0.4 is 21.1 Å². The van der Waals surface area contributed by atoms with Crippen molar-refractivity contribution in [3.63, 3.8) is 0 Å². The van der Waals surface area contributed by atoms with Crippen LogP contribution in [0.3, 0.4) is 0 Å². The summed E-state index contributed by atoms with van der Waals surface area (Å²) < 4.78 is 34.6. The molecule has 0 bridgehead atoms. The molecule has 5 rings (SSSR count). The summed E-state index contributed by atoms with van der Waals surface area (Å²) in [4.78, 5) is 40.1. The van der Waals surface area contributed by atoms with Crippen molar-refractivity contribution in [3.8, 4) is 0 Å². The molecule has 0 spiro atoms. The third-order valence-corrected chi connectivity index (χ3v) is 6.22. The van der Waals surface area contributed by atoms with Gasteiger partial charge in [-0.2, -0.15) is 4.98 Å². The van der Waals surface area contributed by atoms with Crippen LogP contribution in [0.4, 0.5) is 17.5 Å². The van der Waals surface area contributed by atoms with Gasteiger partial charge in [-0.1, -0.05) is 12.8 Å². The summed E-state index contributed by atoms with van der Waals surface area (Å²) in [7, 11) is 0. The average Bonchev–Trinajstić information content (AvgIpc) is 3.33. The molecule has 1 aliphatic carbocycles. The predicted molar refractivity (Wildman–Crippen MR) is 129 cm³/mol. The number of hydrogen-bond donors (Lipinski definition) is 2. The quantitative estimate of drug-likeness (QED) is 0.571. The van der Waals surface area contributed by atoms with E-state index in [9.17, 15) is 9.59 Å². The number of nitrogens with one attached hydrogen (secondary N) is 2. The summed E-state index contributed by atoms with van der Waals surface area (Å²) in [5.74, 6) is 0.328. The first kappa shape index (κ1) is 17.2. The monoisotopic (exact) mass is 451 g/mol. The van der Waals surface area contributed by atoms with E-state index in [0.717, 1.165) is 30.6 Å². The second-order valence-corrected chi connectivity index (χ2v) is 8.38. The van der Waals surface area contributed by atoms with Crippen LogP contribution in [0.5, 0.6) is 0 Å². The van der Waals surface area contributed by atoms with Crippen molar-refractivity contribution >= 4 is 34.3 Å². The van der Waals surface area contributed by atoms with Crippen molar-refractivity contribution in [2.45, 2.75) is 45.6 Å². The number of ketones is 1. The molecule has 1 saturated heterocycles. The fraction of sp³-hybridized carbons (Fsp3) is 0.458. The number of nitrogens with zero attached hydrogens (tertiary/aromatic N) is 5. The second-order valence-electron chi connectivity index (χ2n) is 8.38. The van der Waals surface area contributed by atoms with E-state index in [-0.39, 0.29) is 42.0 Å². The van der Waals surface area contributed by atoms with E-state index in [1.165, 1.54) is 13.1 Å². The van der Waals surface area contributed by atoms with E-state index in [0.29, 0.717) is 28.1 Å². The molecular formula is C24H29N7O2. The van der Waals surface area contributed by atoms with E-state index >= 15 is 0 Å². The third kappa shape index (κ3) is 4.08. The van der Waals surface area contributed by atoms with Crippen molar-refractivity contribution in [2.24, 2.45) is 0 Å². The Bertz CT molecular complexity index is 1400. The fourth-order valence-corrected chi connectivity index (χ4v) is 4.59. The first-order chi connectivity index (χ1) is 17.5. The van der Waals surface area contributed by atoms with Crippen LogP contribution in [0.2, 0.25) is 0 Å². The highest BCUT2D eigenvalue weighted by molar-refractivity contribution is 5.99. The van der Waals surface area contributed by atoms with Gasteiger partial charge in [0.15, 0.2) is 5.78 Å². The highest BCUT2D eigenvalue weighted by Crippen LogP contribution is 2.32. The van der Waals surface area contributed by atoms with Gasteiger partial charge in [0.05, 0.1) is 22.9 Å². The number of piperazine rings is 1. The van der Waals surface area contributed by atoms with Crippen LogP contribution in [0.25, 0.3) is 11.0 Å². The molecule has 2 aliphatic rings. The molecule has 172 valence electrons. The molecule has 4 heterocycles. The molecule has 1 aliphatic heterocycles. The Labute approximate surface area is 197 Å². The Kier molecular flexibility index (Phi) is 4.63. The summed E-state index contributed by atoms with van der Waals surface area (Å²) in [5.41, 5.74) is 1.19. The maximum atomic E-state index is 13.4. The number of pyridine rings is 2. The number of anilines is 3. The number of rotatable bonds is 5. The molecule has 0 aromatic carbocycles. The van der Waals surface area contributed by atoms with Crippen LogP contribution in [-0.2, 0) is 0 Å². The van der Waals surface area contributed by atoms with Gasteiger partial charge in [-0.15, -0.1) is 0 Å². The van der Waals surface area contributed by atoms with Crippen molar-refractivity contribution in [1.82, 2.24) is 24.8 Å². The Morgan fingerprint density at radius 1 is 1.18 bits per heavy atom. The van der Waals surface area contributed by atoms with Crippen LogP contribution >= 0.6 is 0 Å². The molecule has 0 radical (unpaired) electrons. The number of hydrogen-bond acceptors (Lipinski definition) is 8. The van der Waals surface area contributed by atoms with Gasteiger partial charge in [0.1, 0.15) is 11.5 Å². The number of aromatic nitrogens is 4. The van der Waals surface area contributed by atoms with Gasteiger partial charge in [0.25, 0.3) is 5.56 Å². The first-order valence-corrected chi connectivity index (χ1v) is 11.2. The minimum atomic E-state index is -1.93. The zero-order valence-corrected chi connectivity index (χ0v) is 18.7. The van der Waals surface area contributed by atoms with Gasteiger partial charge in [-0.3, -0.25) is 14.2 Å². The van der Waals surface area contributed by atoms with Crippen molar-refractivity contribution in [2.75, 3.05) is 36.3 Å². The highest BCUT2D eigenvalue weighted by Gasteiger charge is 2.25. The molecule has 0 amide bonds. The van der Waals surface area contributed by atoms with E-state index < -0.39 is 13.0 Å². The maximum Gasteiger partial charge on any atom is 0.263 e. The minimum Gasteiger partial charge on any atom is -0.368 e. The largest absolute Gasteiger partial charge is 0.368 e. The lowest BCUT2D eigenvalue weighted by Gasteiger charge is -2.29. The third-order valence-electron chi connectivity index (χ3n) is 6.22. The predicted octanol–water partition coefficient (Wildman–Crippen LogP) is 2.97. The number of carbonyl (C=O) groups is 1. The number of carbonyl (C=O) groups excluding carboxylic acids is 1. The minimum absolute atomic E-state index is 0.00903. The summed E-state index contributed by atoms with van der Waals surface area (Å²) in [5, 5.41) is 6.46. The van der Waals surface area contributed by atoms with Gasteiger partial charge in [0, 0.05) is 43.7 Å². The normalized spacial score (nSPS) is 21.8. The molecule has 0 atom stereocenters. The van der Waals surface area contributed by atoms with E-state index in [1.54, 1.807) is 29.8 Å². The van der Waals surface area contributed by atoms with Gasteiger partial charge in [-0.25, -0.2) is 9.97 Å². The fourth-order valence-electron chi connectivity index (χ4n) is 4.59. The molecule has 2 N–H and O–H groups in total. The van der Waals surface area contributed by atoms with Crippen LogP contribution in [0.15, 0.2) is 29.3 Å². The molecule has 3 aromatic rings. The van der Waals surface area contributed by atoms with Gasteiger partial charge < -0.3 is 15.5 Å². The smallest absolute Gasteiger partial charge is 0.263 e. The highest BCUT2D eigenvalue weighted by atomic mass is 16.1. The number of Topliss-reactive ketones (excluding diaryl/α,β-unsaturated/α-hetero) is 1. The lowest BCUT2D eigenvalue weighted by molar-refractivity contribution is 0.101. The standard InChI is InChI=1S/C24H29N7O2/c1-15-19-14-27-24(28-20-8-7-18(13-26-20)30-11-9-25-10-12-30)29-22(19)31(17-5-3-4-6-17)23(33)21(15)16(2)32/h7-8,13-14,17,25H,3-6,9-12H2,1-2H3,(H,26,27,28,29)/i11D2,12D2. The number of aryl methyl sites for hydroxylation is 1. The van der Waals surface area contributed by atoms with Crippen LogP contribution in [-0.4, -0.2) is 51.4 Å². The Hall–Kier alpha value is -3.33. The summed E-state index contributed by atoms with van der Waals surface area (Å²) >= 11 is 0. The van der Waals surface area contributed by atoms with E-state index in [4.69, 9.17) is 5.48 Å². The SMILES string of the molecule is [2H]C1([2H])CNCC([2H])([2H])N1c1ccc(Nc2ncc3c(C)c(C(C)=O)c(=O)n(C4CCCC4)c3n2)nc1. The first-order valence-electron chi connectivity index (χ1n) is 13.2. The summed E-state index contributed by atoms with van der Waals surface area (Å²) in [6.45, 7) is -0.738. The zero-order valence-electron chi connectivity index (χ0n) is 22.7. The Morgan fingerprint density at radius 3 is 2.61 bits per heavy atom. The van der Waals surface area contributed by atoms with Crippen LogP contribution in [0.1, 0.15) is 60.1 Å². The maximum absolute atomic E-state index is 13.4. The molecule has 2 fully saturated rings. The van der Waals surface area contributed by atoms with Crippen molar-refractivity contribution in [1.29, 1.82) is 0 Å². The molecule has 1 saturated carbocycles. The molecule has 0 unspecified atom stereocenters. The second kappa shape index (κ2) is 8.90. The zero-order chi connectivity index (χ0) is 26.5. The summed E-state index contributed by atoms with van der Waals surface area (Å²) in [6.07, 6.45) is 6.72.